The summed E-state index contributed by atoms with van der Waals surface area (Å²) in [5.41, 5.74) is 2.63. The Hall–Kier alpha value is -3.39. The summed E-state index contributed by atoms with van der Waals surface area (Å²) in [7, 11) is 0. The van der Waals surface area contributed by atoms with Crippen LogP contribution in [0.2, 0.25) is 5.15 Å². The Labute approximate surface area is 183 Å². The molecule has 31 heavy (non-hydrogen) atoms. The molecule has 3 aromatic rings. The predicted molar refractivity (Wildman–Crippen MR) is 116 cm³/mol. The third kappa shape index (κ3) is 3.63. The summed E-state index contributed by atoms with van der Waals surface area (Å²) in [6.45, 7) is 1.42. The van der Waals surface area contributed by atoms with Gasteiger partial charge in [-0.1, -0.05) is 29.8 Å². The first kappa shape index (κ1) is 19.6. The number of fused-ring (bicyclic) bond motifs is 2. The fraction of sp³-hybridized carbons (Fsp3) is 0.273. The number of likely N-dealkylation sites (tertiary alicyclic amines) is 1. The molecular weight excluding hydrogens is 418 g/mol. The molecule has 0 saturated carbocycles. The summed E-state index contributed by atoms with van der Waals surface area (Å²) in [6.07, 6.45) is 2.91. The third-order valence-corrected chi connectivity index (χ3v) is 6.00. The van der Waals surface area contributed by atoms with Crippen LogP contribution in [0.4, 0.5) is 5.69 Å². The number of hydrogen-bond acceptors (Lipinski definition) is 4. The van der Waals surface area contributed by atoms with Gasteiger partial charge in [0.1, 0.15) is 23.4 Å². The van der Waals surface area contributed by atoms with E-state index in [1.807, 2.05) is 24.3 Å². The van der Waals surface area contributed by atoms with Crippen molar-refractivity contribution in [2.75, 3.05) is 24.5 Å². The second kappa shape index (κ2) is 7.70. The molecule has 158 valence electrons. The molecule has 9 heteroatoms. The normalized spacial score (nSPS) is 18.0. The molecule has 0 spiro atoms. The van der Waals surface area contributed by atoms with Crippen LogP contribution in [0.3, 0.4) is 0 Å². The average Bonchev–Trinajstić information content (AvgIpc) is 3.13. The van der Waals surface area contributed by atoms with Gasteiger partial charge in [-0.25, -0.2) is 4.98 Å². The molecule has 1 atom stereocenters. The molecule has 0 radical (unpaired) electrons. The Balaban J connectivity index is 1.38. The molecular formula is C22H20ClN5O3. The van der Waals surface area contributed by atoms with E-state index in [4.69, 9.17) is 11.6 Å². The number of rotatable bonds is 4. The number of halogens is 1. The fourth-order valence-electron chi connectivity index (χ4n) is 4.00. The predicted octanol–water partition coefficient (Wildman–Crippen LogP) is 2.14. The summed E-state index contributed by atoms with van der Waals surface area (Å²) < 4.78 is 0. The zero-order chi connectivity index (χ0) is 21.5. The van der Waals surface area contributed by atoms with Crippen molar-refractivity contribution in [1.82, 2.24) is 20.2 Å². The smallest absolute Gasteiger partial charge is 0.268 e. The molecule has 4 heterocycles. The van der Waals surface area contributed by atoms with Crippen LogP contribution in [-0.2, 0) is 16.0 Å². The monoisotopic (exact) mass is 437 g/mol. The minimum absolute atomic E-state index is 0.0290. The number of nitrogens with one attached hydrogen (secondary N) is 2. The average molecular weight is 438 g/mol. The summed E-state index contributed by atoms with van der Waals surface area (Å²) >= 11 is 5.92. The van der Waals surface area contributed by atoms with Gasteiger partial charge >= 0.3 is 0 Å². The van der Waals surface area contributed by atoms with Gasteiger partial charge in [0, 0.05) is 30.6 Å². The topological polar surface area (TPSA) is 98.4 Å². The highest BCUT2D eigenvalue weighted by Gasteiger charge is 2.36. The third-order valence-electron chi connectivity index (χ3n) is 5.79. The number of hydrogen-bond donors (Lipinski definition) is 2. The molecule has 1 aromatic carbocycles. The first-order valence-electron chi connectivity index (χ1n) is 10.1. The molecule has 2 aliphatic heterocycles. The lowest BCUT2D eigenvalue weighted by molar-refractivity contribution is -0.134. The molecule has 3 amide bonds. The number of pyridine rings is 1. The summed E-state index contributed by atoms with van der Waals surface area (Å²) in [6, 6.07) is 10.1. The molecule has 2 N–H and O–H groups in total. The summed E-state index contributed by atoms with van der Waals surface area (Å²) in [5.74, 6) is -0.776. The van der Waals surface area contributed by atoms with Crippen LogP contribution in [0.25, 0.3) is 10.9 Å². The molecule has 5 rings (SSSR count). The van der Waals surface area contributed by atoms with Crippen molar-refractivity contribution < 1.29 is 14.4 Å². The Morgan fingerprint density at radius 2 is 2.03 bits per heavy atom. The highest BCUT2D eigenvalue weighted by atomic mass is 35.5. The van der Waals surface area contributed by atoms with Gasteiger partial charge < -0.3 is 20.1 Å². The van der Waals surface area contributed by atoms with Gasteiger partial charge in [-0.2, -0.15) is 0 Å². The van der Waals surface area contributed by atoms with E-state index in [2.05, 4.69) is 15.3 Å². The minimum atomic E-state index is -0.764. The summed E-state index contributed by atoms with van der Waals surface area (Å²) in [5, 5.41) is 3.91. The number of carbonyl (C=O) groups is 3. The van der Waals surface area contributed by atoms with Crippen molar-refractivity contribution >= 4 is 45.9 Å². The van der Waals surface area contributed by atoms with Gasteiger partial charge in [0.05, 0.1) is 11.7 Å². The number of aromatic nitrogens is 2. The van der Waals surface area contributed by atoms with Gasteiger partial charge in [0.15, 0.2) is 0 Å². The molecule has 0 bridgehead atoms. The van der Waals surface area contributed by atoms with Gasteiger partial charge in [0.2, 0.25) is 11.8 Å². The first-order valence-corrected chi connectivity index (χ1v) is 10.5. The van der Waals surface area contributed by atoms with Crippen molar-refractivity contribution in [1.29, 1.82) is 0 Å². The number of aromatic amines is 1. The maximum atomic E-state index is 13.2. The maximum absolute atomic E-state index is 13.2. The molecule has 1 fully saturated rings. The van der Waals surface area contributed by atoms with Crippen LogP contribution >= 0.6 is 11.6 Å². The van der Waals surface area contributed by atoms with E-state index in [0.29, 0.717) is 22.8 Å². The molecule has 2 aromatic heterocycles. The Bertz CT molecular complexity index is 1200. The number of amides is 3. The standard InChI is InChI=1S/C22H20ClN5O3/c23-19-10-14-9-15(25-17(14)11-24-19)21(30)26-16-8-13-4-1-2-5-18(13)28(22(16)31)12-20(29)27-6-3-7-27/h1-2,4-5,9-11,16,25H,3,6-8,12H2,(H,26,30). The molecule has 2 aliphatic rings. The van der Waals surface area contributed by atoms with Crippen molar-refractivity contribution in [3.05, 3.63) is 59.0 Å². The summed E-state index contributed by atoms with van der Waals surface area (Å²) in [4.78, 5) is 48.9. The zero-order valence-electron chi connectivity index (χ0n) is 16.6. The molecule has 0 aliphatic carbocycles. The van der Waals surface area contributed by atoms with Gasteiger partial charge in [0.25, 0.3) is 5.91 Å². The van der Waals surface area contributed by atoms with E-state index in [9.17, 15) is 14.4 Å². The Morgan fingerprint density at radius 3 is 2.81 bits per heavy atom. The van der Waals surface area contributed by atoms with Crippen molar-refractivity contribution in [3.63, 3.8) is 0 Å². The quantitative estimate of drug-likeness (QED) is 0.611. The van der Waals surface area contributed by atoms with Crippen LogP contribution in [0.1, 0.15) is 22.5 Å². The van der Waals surface area contributed by atoms with Crippen LogP contribution in [0.5, 0.6) is 0 Å². The first-order chi connectivity index (χ1) is 15.0. The van der Waals surface area contributed by atoms with E-state index >= 15 is 0 Å². The number of anilines is 1. The van der Waals surface area contributed by atoms with Crippen molar-refractivity contribution in [2.45, 2.75) is 18.9 Å². The largest absolute Gasteiger partial charge is 0.349 e. The Kier molecular flexibility index (Phi) is 4.86. The van der Waals surface area contributed by atoms with Crippen molar-refractivity contribution in [2.24, 2.45) is 0 Å². The van der Waals surface area contributed by atoms with E-state index in [-0.39, 0.29) is 18.4 Å². The SMILES string of the molecule is O=C(NC1Cc2ccccc2N(CC(=O)N2CCC2)C1=O)c1cc2cc(Cl)ncc2[nH]1. The number of para-hydroxylation sites is 1. The second-order valence-electron chi connectivity index (χ2n) is 7.79. The lowest BCUT2D eigenvalue weighted by atomic mass is 9.96. The van der Waals surface area contributed by atoms with E-state index in [1.165, 1.54) is 4.90 Å². The molecule has 1 saturated heterocycles. The zero-order valence-corrected chi connectivity index (χ0v) is 17.4. The van der Waals surface area contributed by atoms with E-state index in [0.717, 1.165) is 36.1 Å². The van der Waals surface area contributed by atoms with Crippen LogP contribution in [0, 0.1) is 0 Å². The van der Waals surface area contributed by atoms with Crippen LogP contribution in [-0.4, -0.2) is 58.3 Å². The van der Waals surface area contributed by atoms with E-state index in [1.54, 1.807) is 23.2 Å². The Morgan fingerprint density at radius 1 is 1.23 bits per heavy atom. The second-order valence-corrected chi connectivity index (χ2v) is 8.18. The van der Waals surface area contributed by atoms with Crippen LogP contribution in [0.15, 0.2) is 42.6 Å². The number of carbonyl (C=O) groups excluding carboxylic acids is 3. The maximum Gasteiger partial charge on any atom is 0.268 e. The van der Waals surface area contributed by atoms with Gasteiger partial charge in [-0.3, -0.25) is 14.4 Å². The highest BCUT2D eigenvalue weighted by molar-refractivity contribution is 6.30. The van der Waals surface area contributed by atoms with Crippen molar-refractivity contribution in [3.8, 4) is 0 Å². The van der Waals surface area contributed by atoms with E-state index < -0.39 is 11.9 Å². The minimum Gasteiger partial charge on any atom is -0.349 e. The number of benzene rings is 1. The highest BCUT2D eigenvalue weighted by Crippen LogP contribution is 2.28. The molecule has 1 unspecified atom stereocenters. The number of H-pyrrole nitrogens is 1. The fourth-order valence-corrected chi connectivity index (χ4v) is 4.17. The van der Waals surface area contributed by atoms with Crippen LogP contribution < -0.4 is 10.2 Å². The lowest BCUT2D eigenvalue weighted by Gasteiger charge is -2.37. The number of nitrogens with zero attached hydrogens (tertiary/aromatic N) is 3. The van der Waals surface area contributed by atoms with Gasteiger partial charge in [-0.15, -0.1) is 0 Å². The lowest BCUT2D eigenvalue weighted by Crippen LogP contribution is -2.56. The van der Waals surface area contributed by atoms with Gasteiger partial charge in [-0.05, 0) is 30.2 Å². The molecule has 8 nitrogen and oxygen atoms in total.